The molecule has 1 aliphatic rings. The maximum absolute atomic E-state index is 4.30. The van der Waals surface area contributed by atoms with Crippen LogP contribution in [0.2, 0.25) is 0 Å². The molecule has 0 radical (unpaired) electrons. The summed E-state index contributed by atoms with van der Waals surface area (Å²) in [6.07, 6.45) is 13.1. The van der Waals surface area contributed by atoms with E-state index in [1.54, 1.807) is 6.20 Å². The Kier molecular flexibility index (Phi) is 4.77. The molecular weight excluding hydrogens is 260 g/mol. The highest BCUT2D eigenvalue weighted by atomic mass is 15.3. The maximum Gasteiger partial charge on any atom is 0.176 e. The predicted molar refractivity (Wildman–Crippen MR) is 87.5 cm³/mol. The van der Waals surface area contributed by atoms with Crippen LogP contribution in [0.5, 0.6) is 0 Å². The van der Waals surface area contributed by atoms with Crippen LogP contribution in [-0.2, 0) is 0 Å². The quantitative estimate of drug-likeness (QED) is 0.653. The summed E-state index contributed by atoms with van der Waals surface area (Å²) in [4.78, 5) is 0. The van der Waals surface area contributed by atoms with Crippen LogP contribution in [0.3, 0.4) is 0 Å². The van der Waals surface area contributed by atoms with Crippen LogP contribution in [0.25, 0.3) is 10.8 Å². The summed E-state index contributed by atoms with van der Waals surface area (Å²) in [5, 5.41) is 14.5. The number of anilines is 1. The number of benzene rings is 1. The van der Waals surface area contributed by atoms with Crippen molar-refractivity contribution < 1.29 is 0 Å². The van der Waals surface area contributed by atoms with Crippen LogP contribution >= 0.6 is 0 Å². The minimum absolute atomic E-state index is 0.724. The molecule has 0 unspecified atom stereocenters. The first-order valence-corrected chi connectivity index (χ1v) is 7.91. The maximum atomic E-state index is 4.30. The highest BCUT2D eigenvalue weighted by Gasteiger charge is 2.11. The van der Waals surface area contributed by atoms with Crippen molar-refractivity contribution in [1.82, 2.24) is 10.2 Å². The Balaban J connectivity index is 1.52. The van der Waals surface area contributed by atoms with Crippen molar-refractivity contribution in [3.05, 3.63) is 30.5 Å². The van der Waals surface area contributed by atoms with Gasteiger partial charge in [0.15, 0.2) is 5.82 Å². The van der Waals surface area contributed by atoms with E-state index in [2.05, 4.69) is 20.7 Å². The minimum atomic E-state index is 0.724. The molecule has 3 rings (SSSR count). The van der Waals surface area contributed by atoms with E-state index in [4.69, 9.17) is 0 Å². The molecule has 21 heavy (non-hydrogen) atoms. The van der Waals surface area contributed by atoms with E-state index in [0.717, 1.165) is 28.9 Å². The van der Waals surface area contributed by atoms with Crippen molar-refractivity contribution in [1.29, 1.82) is 0 Å². The Morgan fingerprint density at radius 3 is 2.95 bits per heavy atom. The number of hydrazone groups is 1. The van der Waals surface area contributed by atoms with Crippen LogP contribution in [0.15, 0.2) is 35.6 Å². The van der Waals surface area contributed by atoms with Gasteiger partial charge in [0.1, 0.15) is 0 Å². The highest BCUT2D eigenvalue weighted by molar-refractivity contribution is 5.90. The number of rotatable bonds is 5. The van der Waals surface area contributed by atoms with Crippen LogP contribution < -0.4 is 5.43 Å². The third-order valence-corrected chi connectivity index (χ3v) is 4.26. The Labute approximate surface area is 125 Å². The highest BCUT2D eigenvalue weighted by Crippen LogP contribution is 2.26. The van der Waals surface area contributed by atoms with Crippen LogP contribution in [0, 0.1) is 5.92 Å². The number of nitrogens with one attached hydrogen (secondary N) is 1. The minimum Gasteiger partial charge on any atom is -0.260 e. The van der Waals surface area contributed by atoms with Gasteiger partial charge in [-0.1, -0.05) is 56.4 Å². The molecular formula is C17H22N4. The zero-order valence-electron chi connectivity index (χ0n) is 12.3. The van der Waals surface area contributed by atoms with Gasteiger partial charge in [0.2, 0.25) is 0 Å². The third kappa shape index (κ3) is 3.78. The molecule has 0 aliphatic heterocycles. The molecule has 1 aromatic heterocycles. The molecule has 110 valence electrons. The van der Waals surface area contributed by atoms with E-state index < -0.39 is 0 Å². The fourth-order valence-corrected chi connectivity index (χ4v) is 3.07. The van der Waals surface area contributed by atoms with Gasteiger partial charge in [-0.25, -0.2) is 0 Å². The lowest BCUT2D eigenvalue weighted by Gasteiger charge is -2.20. The van der Waals surface area contributed by atoms with E-state index in [9.17, 15) is 0 Å². The summed E-state index contributed by atoms with van der Waals surface area (Å²) in [5.74, 6) is 1.63. The number of nitrogens with zero attached hydrogens (tertiary/aromatic N) is 3. The number of hydrogen-bond acceptors (Lipinski definition) is 4. The molecule has 4 nitrogen and oxygen atoms in total. The molecule has 0 saturated heterocycles. The van der Waals surface area contributed by atoms with Crippen LogP contribution in [0.1, 0.15) is 44.9 Å². The summed E-state index contributed by atoms with van der Waals surface area (Å²) in [6.45, 7) is 0. The standard InChI is InChI=1S/C17H22N4/c1-2-7-14(8-3-1)9-6-12-18-20-17-16-11-5-4-10-15(16)13-19-21-17/h4-5,10-14H,1-3,6-9H2,(H,20,21)/b18-12-. The van der Waals surface area contributed by atoms with Crippen LogP contribution in [0.4, 0.5) is 5.82 Å². The summed E-state index contributed by atoms with van der Waals surface area (Å²) < 4.78 is 0. The van der Waals surface area contributed by atoms with Gasteiger partial charge in [-0.05, 0) is 18.8 Å². The molecule has 4 heteroatoms. The van der Waals surface area contributed by atoms with Gasteiger partial charge in [-0.3, -0.25) is 5.43 Å². The summed E-state index contributed by atoms with van der Waals surface area (Å²) in [7, 11) is 0. The van der Waals surface area contributed by atoms with E-state index in [0.29, 0.717) is 0 Å². The van der Waals surface area contributed by atoms with E-state index in [1.165, 1.54) is 38.5 Å². The summed E-state index contributed by atoms with van der Waals surface area (Å²) >= 11 is 0. The third-order valence-electron chi connectivity index (χ3n) is 4.26. The Morgan fingerprint density at radius 1 is 1.19 bits per heavy atom. The average molecular weight is 282 g/mol. The first-order valence-electron chi connectivity index (χ1n) is 7.91. The second-order valence-electron chi connectivity index (χ2n) is 5.79. The molecule has 0 atom stereocenters. The second kappa shape index (κ2) is 7.16. The number of hydrogen-bond donors (Lipinski definition) is 1. The Hall–Kier alpha value is -1.97. The van der Waals surface area contributed by atoms with Crippen molar-refractivity contribution in [2.45, 2.75) is 44.9 Å². The largest absolute Gasteiger partial charge is 0.260 e. The molecule has 1 heterocycles. The van der Waals surface area contributed by atoms with Gasteiger partial charge in [-0.2, -0.15) is 10.2 Å². The molecule has 1 saturated carbocycles. The van der Waals surface area contributed by atoms with Crippen molar-refractivity contribution in [2.75, 3.05) is 5.43 Å². The molecule has 0 amide bonds. The molecule has 0 bridgehead atoms. The summed E-state index contributed by atoms with van der Waals surface area (Å²) in [5.41, 5.74) is 3.02. The van der Waals surface area contributed by atoms with Gasteiger partial charge in [0.25, 0.3) is 0 Å². The van der Waals surface area contributed by atoms with Crippen LogP contribution in [-0.4, -0.2) is 16.4 Å². The predicted octanol–water partition coefficient (Wildman–Crippen LogP) is 4.39. The molecule has 2 aromatic rings. The Morgan fingerprint density at radius 2 is 2.05 bits per heavy atom. The van der Waals surface area contributed by atoms with Gasteiger partial charge >= 0.3 is 0 Å². The van der Waals surface area contributed by atoms with E-state index in [1.807, 2.05) is 30.5 Å². The lowest BCUT2D eigenvalue weighted by molar-refractivity contribution is 0.344. The number of fused-ring (bicyclic) bond motifs is 1. The number of aromatic nitrogens is 2. The van der Waals surface area contributed by atoms with Gasteiger partial charge in [0, 0.05) is 17.0 Å². The van der Waals surface area contributed by atoms with E-state index in [-0.39, 0.29) is 0 Å². The second-order valence-corrected chi connectivity index (χ2v) is 5.79. The SMILES string of the molecule is C(/CCC1CCCCC1)=N/Nc1nncc2ccccc12. The van der Waals surface area contributed by atoms with Crippen molar-refractivity contribution in [3.8, 4) is 0 Å². The van der Waals surface area contributed by atoms with Gasteiger partial charge in [-0.15, -0.1) is 5.10 Å². The van der Waals surface area contributed by atoms with Gasteiger partial charge < -0.3 is 0 Å². The zero-order chi connectivity index (χ0) is 14.3. The van der Waals surface area contributed by atoms with Crippen molar-refractivity contribution in [3.63, 3.8) is 0 Å². The molecule has 0 spiro atoms. The van der Waals surface area contributed by atoms with Crippen molar-refractivity contribution in [2.24, 2.45) is 11.0 Å². The lowest BCUT2D eigenvalue weighted by atomic mass is 9.86. The first kappa shape index (κ1) is 14.0. The fraction of sp³-hybridized carbons (Fsp3) is 0.471. The zero-order valence-corrected chi connectivity index (χ0v) is 12.3. The fourth-order valence-electron chi connectivity index (χ4n) is 3.07. The molecule has 1 aliphatic carbocycles. The molecule has 1 aromatic carbocycles. The summed E-state index contributed by atoms with van der Waals surface area (Å²) in [6, 6.07) is 8.06. The van der Waals surface area contributed by atoms with Gasteiger partial charge in [0.05, 0.1) is 6.20 Å². The first-order chi connectivity index (χ1) is 10.4. The molecule has 1 N–H and O–H groups in total. The Bertz CT molecular complexity index is 597. The molecule has 1 fully saturated rings. The average Bonchev–Trinajstić information content (AvgIpc) is 2.56. The van der Waals surface area contributed by atoms with Crippen molar-refractivity contribution >= 4 is 22.8 Å². The smallest absolute Gasteiger partial charge is 0.176 e. The van der Waals surface area contributed by atoms with E-state index >= 15 is 0 Å². The normalized spacial score (nSPS) is 16.6. The topological polar surface area (TPSA) is 50.2 Å². The monoisotopic (exact) mass is 282 g/mol. The lowest BCUT2D eigenvalue weighted by Crippen LogP contribution is -2.06.